The average Bonchev–Trinajstić information content (AvgIpc) is 2.86. The molecule has 74 valence electrons. The molecule has 2 aromatic heterocycles. The zero-order valence-corrected chi connectivity index (χ0v) is 7.51. The zero-order valence-electron chi connectivity index (χ0n) is 7.51. The smallest absolute Gasteiger partial charge is 0.213 e. The monoisotopic (exact) mass is 194 g/mol. The minimum Gasteiger partial charge on any atom is -0.447 e. The summed E-state index contributed by atoms with van der Waals surface area (Å²) < 4.78 is 9.65. The third kappa shape index (κ3) is 2.40. The first-order valence-electron chi connectivity index (χ1n) is 4.28. The van der Waals surface area contributed by atoms with Crippen LogP contribution < -0.4 is 5.32 Å². The fourth-order valence-electron chi connectivity index (χ4n) is 1.04. The summed E-state index contributed by atoms with van der Waals surface area (Å²) in [6.45, 7) is 1.44. The Morgan fingerprint density at radius 1 is 1.36 bits per heavy atom. The van der Waals surface area contributed by atoms with Gasteiger partial charge in [-0.25, -0.2) is 4.98 Å². The van der Waals surface area contributed by atoms with Gasteiger partial charge in [0.05, 0.1) is 12.7 Å². The summed E-state index contributed by atoms with van der Waals surface area (Å²) in [6.07, 6.45) is 5.16. The molecule has 0 unspecified atom stereocenters. The maximum atomic E-state index is 5.05. The predicted molar refractivity (Wildman–Crippen MR) is 46.2 cm³/mol. The van der Waals surface area contributed by atoms with Crippen molar-refractivity contribution < 1.29 is 8.94 Å². The Hall–Kier alpha value is -1.69. The van der Waals surface area contributed by atoms with Crippen molar-refractivity contribution in [2.75, 3.05) is 6.54 Å². The molecule has 0 aliphatic rings. The lowest BCUT2D eigenvalue weighted by Gasteiger charge is -1.98. The average molecular weight is 194 g/mol. The minimum absolute atomic E-state index is 0.665. The van der Waals surface area contributed by atoms with Gasteiger partial charge in [0, 0.05) is 13.0 Å². The van der Waals surface area contributed by atoms with Gasteiger partial charge in [0.25, 0.3) is 0 Å². The van der Waals surface area contributed by atoms with E-state index in [9.17, 15) is 0 Å². The molecule has 0 aliphatic heterocycles. The number of nitrogens with zero attached hydrogens (tertiary/aromatic N) is 3. The van der Waals surface area contributed by atoms with Crippen molar-refractivity contribution >= 4 is 0 Å². The van der Waals surface area contributed by atoms with E-state index in [0.29, 0.717) is 12.4 Å². The van der Waals surface area contributed by atoms with Crippen LogP contribution in [0.5, 0.6) is 0 Å². The molecule has 1 N–H and O–H groups in total. The number of oxazole rings is 1. The van der Waals surface area contributed by atoms with Crippen LogP contribution >= 0.6 is 0 Å². The van der Waals surface area contributed by atoms with Gasteiger partial charge in [0.2, 0.25) is 6.39 Å². The Kier molecular flexibility index (Phi) is 2.87. The van der Waals surface area contributed by atoms with E-state index in [1.165, 1.54) is 12.8 Å². The Balaban J connectivity index is 1.65. The van der Waals surface area contributed by atoms with Crippen LogP contribution in [0.3, 0.4) is 0 Å². The normalized spacial score (nSPS) is 10.6. The summed E-state index contributed by atoms with van der Waals surface area (Å²) in [5.41, 5.74) is 0. The molecule has 2 heterocycles. The van der Waals surface area contributed by atoms with Crippen LogP contribution in [0, 0.1) is 0 Å². The van der Waals surface area contributed by atoms with E-state index in [1.807, 2.05) is 0 Å². The SMILES string of the molecule is c1nc(CCNCc2cnco2)no1. The third-order valence-electron chi connectivity index (χ3n) is 1.72. The molecule has 2 aromatic rings. The molecule has 0 aromatic carbocycles. The molecule has 0 aliphatic carbocycles. The highest BCUT2D eigenvalue weighted by atomic mass is 16.5. The van der Waals surface area contributed by atoms with Gasteiger partial charge in [-0.05, 0) is 0 Å². The van der Waals surface area contributed by atoms with Gasteiger partial charge in [-0.15, -0.1) is 0 Å². The van der Waals surface area contributed by atoms with Crippen molar-refractivity contribution in [1.82, 2.24) is 20.4 Å². The van der Waals surface area contributed by atoms with E-state index in [0.717, 1.165) is 18.7 Å². The Bertz CT molecular complexity index is 307. The lowest BCUT2D eigenvalue weighted by molar-refractivity contribution is 0.408. The Labute approximate surface area is 80.3 Å². The molecule has 0 amide bonds. The van der Waals surface area contributed by atoms with Crippen molar-refractivity contribution in [2.45, 2.75) is 13.0 Å². The van der Waals surface area contributed by atoms with Crippen LogP contribution in [0.4, 0.5) is 0 Å². The molecule has 2 rings (SSSR count). The van der Waals surface area contributed by atoms with Crippen LogP contribution in [-0.4, -0.2) is 21.7 Å². The second-order valence-electron chi connectivity index (χ2n) is 2.74. The van der Waals surface area contributed by atoms with Crippen molar-refractivity contribution in [1.29, 1.82) is 0 Å². The minimum atomic E-state index is 0.665. The van der Waals surface area contributed by atoms with Crippen molar-refractivity contribution in [3.63, 3.8) is 0 Å². The number of nitrogens with one attached hydrogen (secondary N) is 1. The number of hydrogen-bond acceptors (Lipinski definition) is 6. The maximum Gasteiger partial charge on any atom is 0.213 e. The molecule has 0 radical (unpaired) electrons. The predicted octanol–water partition coefficient (Wildman–Crippen LogP) is 0.390. The topological polar surface area (TPSA) is 77.0 Å². The van der Waals surface area contributed by atoms with E-state index in [-0.39, 0.29) is 0 Å². The first kappa shape index (κ1) is 8.89. The summed E-state index contributed by atoms with van der Waals surface area (Å²) in [6, 6.07) is 0. The molecule has 14 heavy (non-hydrogen) atoms. The largest absolute Gasteiger partial charge is 0.447 e. The van der Waals surface area contributed by atoms with E-state index >= 15 is 0 Å². The molecule has 0 spiro atoms. The van der Waals surface area contributed by atoms with Crippen LogP contribution in [0.15, 0.2) is 27.9 Å². The van der Waals surface area contributed by atoms with Gasteiger partial charge in [-0.3, -0.25) is 0 Å². The van der Waals surface area contributed by atoms with Crippen LogP contribution in [-0.2, 0) is 13.0 Å². The molecule has 0 saturated heterocycles. The van der Waals surface area contributed by atoms with Gasteiger partial charge in [0.1, 0.15) is 5.76 Å². The van der Waals surface area contributed by atoms with Gasteiger partial charge < -0.3 is 14.3 Å². The number of aromatic nitrogens is 3. The second kappa shape index (κ2) is 4.52. The summed E-state index contributed by atoms with van der Waals surface area (Å²) in [4.78, 5) is 7.70. The van der Waals surface area contributed by atoms with Gasteiger partial charge in [-0.2, -0.15) is 4.98 Å². The first-order valence-corrected chi connectivity index (χ1v) is 4.28. The van der Waals surface area contributed by atoms with Crippen molar-refractivity contribution in [3.05, 3.63) is 30.6 Å². The van der Waals surface area contributed by atoms with Crippen LogP contribution in [0.2, 0.25) is 0 Å². The van der Waals surface area contributed by atoms with E-state index in [2.05, 4.69) is 25.0 Å². The highest BCUT2D eigenvalue weighted by molar-refractivity contribution is 4.87. The van der Waals surface area contributed by atoms with Crippen molar-refractivity contribution in [3.8, 4) is 0 Å². The first-order chi connectivity index (χ1) is 6.95. The Morgan fingerprint density at radius 3 is 3.07 bits per heavy atom. The molecular weight excluding hydrogens is 184 g/mol. The van der Waals surface area contributed by atoms with E-state index in [1.54, 1.807) is 6.20 Å². The van der Waals surface area contributed by atoms with E-state index < -0.39 is 0 Å². The maximum absolute atomic E-state index is 5.05. The number of rotatable bonds is 5. The Morgan fingerprint density at radius 2 is 2.36 bits per heavy atom. The molecule has 6 nitrogen and oxygen atoms in total. The summed E-state index contributed by atoms with van der Waals surface area (Å²) in [5.74, 6) is 1.52. The lowest BCUT2D eigenvalue weighted by atomic mass is 10.4. The zero-order chi connectivity index (χ0) is 9.64. The fraction of sp³-hybridized carbons (Fsp3) is 0.375. The molecule has 0 saturated carbocycles. The van der Waals surface area contributed by atoms with Gasteiger partial charge >= 0.3 is 0 Å². The molecule has 0 fully saturated rings. The summed E-state index contributed by atoms with van der Waals surface area (Å²) in [5, 5.41) is 6.86. The quantitative estimate of drug-likeness (QED) is 0.694. The third-order valence-corrected chi connectivity index (χ3v) is 1.72. The van der Waals surface area contributed by atoms with Gasteiger partial charge in [-0.1, -0.05) is 5.16 Å². The molecule has 0 atom stereocenters. The lowest BCUT2D eigenvalue weighted by Crippen LogP contribution is -2.16. The molecule has 6 heteroatoms. The van der Waals surface area contributed by atoms with E-state index in [4.69, 9.17) is 4.42 Å². The van der Waals surface area contributed by atoms with Gasteiger partial charge in [0.15, 0.2) is 12.2 Å². The van der Waals surface area contributed by atoms with Crippen LogP contribution in [0.25, 0.3) is 0 Å². The number of hydrogen-bond donors (Lipinski definition) is 1. The molecular formula is C8H10N4O2. The van der Waals surface area contributed by atoms with Crippen molar-refractivity contribution in [2.24, 2.45) is 0 Å². The van der Waals surface area contributed by atoms with Crippen LogP contribution in [0.1, 0.15) is 11.6 Å². The highest BCUT2D eigenvalue weighted by Crippen LogP contribution is 1.95. The second-order valence-corrected chi connectivity index (χ2v) is 2.74. The summed E-state index contributed by atoms with van der Waals surface area (Å²) in [7, 11) is 0. The highest BCUT2D eigenvalue weighted by Gasteiger charge is 1.98. The molecule has 0 bridgehead atoms. The standard InChI is InChI=1S/C8H10N4O2/c1(8-11-6-14-12-8)2-9-3-7-4-10-5-13-7/h4-6,9H,1-3H2. The fourth-order valence-corrected chi connectivity index (χ4v) is 1.04. The summed E-state index contributed by atoms with van der Waals surface area (Å²) >= 11 is 0.